The van der Waals surface area contributed by atoms with Gasteiger partial charge in [-0.1, -0.05) is 0 Å². The number of rotatable bonds is 3. The number of benzene rings is 1. The fourth-order valence-electron chi connectivity index (χ4n) is 3.19. The number of hydrogen-bond donors (Lipinski definition) is 1. The molecule has 4 rings (SSSR count). The van der Waals surface area contributed by atoms with Gasteiger partial charge in [-0.15, -0.1) is 0 Å². The van der Waals surface area contributed by atoms with Gasteiger partial charge in [0.2, 0.25) is 0 Å². The Morgan fingerprint density at radius 1 is 1.20 bits per heavy atom. The number of nitrogens with one attached hydrogen (secondary N) is 1. The van der Waals surface area contributed by atoms with Gasteiger partial charge in [-0.3, -0.25) is 4.79 Å². The summed E-state index contributed by atoms with van der Waals surface area (Å²) >= 11 is 0. The third-order valence-corrected chi connectivity index (χ3v) is 4.56. The van der Waals surface area contributed by atoms with Crippen LogP contribution in [0.3, 0.4) is 0 Å². The minimum absolute atomic E-state index is 0.110. The number of fused-ring (bicyclic) bond motifs is 1. The van der Waals surface area contributed by atoms with E-state index in [9.17, 15) is 9.18 Å². The third-order valence-electron chi connectivity index (χ3n) is 4.56. The van der Waals surface area contributed by atoms with Crippen LogP contribution in [0, 0.1) is 5.82 Å². The number of carbonyl (C=O) groups excluding carboxylic acids is 1. The Labute approximate surface area is 144 Å². The molecule has 1 aliphatic heterocycles. The minimum atomic E-state index is -0.341. The molecule has 3 heterocycles. The van der Waals surface area contributed by atoms with Gasteiger partial charge < -0.3 is 14.6 Å². The quantitative estimate of drug-likeness (QED) is 0.795. The monoisotopic (exact) mass is 339 g/mol. The summed E-state index contributed by atoms with van der Waals surface area (Å²) in [6.45, 7) is 1.62. The Morgan fingerprint density at radius 2 is 1.96 bits per heavy atom. The lowest BCUT2D eigenvalue weighted by Crippen LogP contribution is -2.45. The molecule has 25 heavy (non-hydrogen) atoms. The van der Waals surface area contributed by atoms with Crippen LogP contribution >= 0.6 is 0 Å². The molecule has 0 atom stereocenters. The first-order valence-electron chi connectivity index (χ1n) is 8.29. The van der Waals surface area contributed by atoms with E-state index in [0.717, 1.165) is 37.3 Å². The van der Waals surface area contributed by atoms with Gasteiger partial charge in [0.1, 0.15) is 11.3 Å². The van der Waals surface area contributed by atoms with Crippen LogP contribution in [-0.4, -0.2) is 39.4 Å². The van der Waals surface area contributed by atoms with E-state index in [4.69, 9.17) is 0 Å². The van der Waals surface area contributed by atoms with Crippen molar-refractivity contribution in [3.63, 3.8) is 0 Å². The maximum Gasteiger partial charge on any atom is 0.251 e. The summed E-state index contributed by atoms with van der Waals surface area (Å²) in [6.07, 6.45) is 8.89. The first-order valence-corrected chi connectivity index (χ1v) is 8.29. The van der Waals surface area contributed by atoms with Crippen LogP contribution in [0.1, 0.15) is 23.2 Å². The van der Waals surface area contributed by atoms with E-state index in [-0.39, 0.29) is 17.8 Å². The molecule has 0 radical (unpaired) electrons. The molecule has 1 N–H and O–H groups in total. The molecule has 1 saturated heterocycles. The van der Waals surface area contributed by atoms with Gasteiger partial charge in [0.05, 0.1) is 12.5 Å². The molecule has 1 aliphatic rings. The van der Waals surface area contributed by atoms with Gasteiger partial charge in [-0.2, -0.15) is 0 Å². The number of halogens is 1. The maximum absolute atomic E-state index is 13.0. The third kappa shape index (κ3) is 3.17. The van der Waals surface area contributed by atoms with Gasteiger partial charge in [0.15, 0.2) is 5.82 Å². The fraction of sp³-hybridized carbons (Fsp3) is 0.278. The summed E-state index contributed by atoms with van der Waals surface area (Å²) in [5, 5.41) is 3.03. The molecular formula is C18H18FN5O. The average molecular weight is 339 g/mol. The van der Waals surface area contributed by atoms with Crippen molar-refractivity contribution in [2.24, 2.45) is 0 Å². The minimum Gasteiger partial charge on any atom is -0.355 e. The van der Waals surface area contributed by atoms with Crippen LogP contribution in [0.15, 0.2) is 49.2 Å². The zero-order valence-electron chi connectivity index (χ0n) is 13.6. The van der Waals surface area contributed by atoms with E-state index in [0.29, 0.717) is 5.56 Å². The molecule has 0 saturated carbocycles. The lowest BCUT2D eigenvalue weighted by Gasteiger charge is -2.33. The van der Waals surface area contributed by atoms with Gasteiger partial charge in [0, 0.05) is 37.1 Å². The molecule has 0 spiro atoms. The highest BCUT2D eigenvalue weighted by molar-refractivity contribution is 5.94. The largest absolute Gasteiger partial charge is 0.355 e. The number of aromatic nitrogens is 3. The van der Waals surface area contributed by atoms with E-state index in [1.54, 1.807) is 12.5 Å². The fourth-order valence-corrected chi connectivity index (χ4v) is 3.19. The van der Waals surface area contributed by atoms with E-state index in [1.165, 1.54) is 24.3 Å². The van der Waals surface area contributed by atoms with Crippen molar-refractivity contribution in [1.82, 2.24) is 19.7 Å². The molecule has 128 valence electrons. The predicted octanol–water partition coefficient (Wildman–Crippen LogP) is 2.27. The highest BCUT2D eigenvalue weighted by Crippen LogP contribution is 2.22. The topological polar surface area (TPSA) is 62.5 Å². The Morgan fingerprint density at radius 3 is 2.72 bits per heavy atom. The Bertz CT molecular complexity index is 884. The second-order valence-corrected chi connectivity index (χ2v) is 6.18. The van der Waals surface area contributed by atoms with Crippen molar-refractivity contribution in [1.29, 1.82) is 0 Å². The number of carbonyl (C=O) groups is 1. The predicted molar refractivity (Wildman–Crippen MR) is 92.1 cm³/mol. The average Bonchev–Trinajstić information content (AvgIpc) is 3.12. The zero-order valence-corrected chi connectivity index (χ0v) is 13.6. The highest BCUT2D eigenvalue weighted by Gasteiger charge is 2.23. The summed E-state index contributed by atoms with van der Waals surface area (Å²) < 4.78 is 14.9. The van der Waals surface area contributed by atoms with Crippen molar-refractivity contribution < 1.29 is 9.18 Å². The Kier molecular flexibility index (Phi) is 4.05. The lowest BCUT2D eigenvalue weighted by atomic mass is 10.0. The van der Waals surface area contributed by atoms with Crippen LogP contribution in [0.4, 0.5) is 10.2 Å². The summed E-state index contributed by atoms with van der Waals surface area (Å²) in [6, 6.07) is 5.72. The standard InChI is InChI=1S/C18H18FN5O/c19-14-3-1-13(2-4-14)18(25)22-15-5-8-23(9-6-15)17-16-11-20-12-24(16)10-7-21-17/h1-4,7,10-12,15H,5-6,8-9H2,(H,22,25). The van der Waals surface area contributed by atoms with Gasteiger partial charge in [-0.05, 0) is 37.1 Å². The SMILES string of the molecule is O=C(NC1CCN(c2nccn3cncc23)CC1)c1ccc(F)cc1. The van der Waals surface area contributed by atoms with Crippen LogP contribution < -0.4 is 10.2 Å². The van der Waals surface area contributed by atoms with Crippen molar-refractivity contribution >= 4 is 17.2 Å². The second kappa shape index (κ2) is 6.51. The molecule has 1 fully saturated rings. The number of anilines is 1. The van der Waals surface area contributed by atoms with Gasteiger partial charge >= 0.3 is 0 Å². The highest BCUT2D eigenvalue weighted by atomic mass is 19.1. The molecule has 7 heteroatoms. The number of piperidine rings is 1. The molecule has 0 aliphatic carbocycles. The van der Waals surface area contributed by atoms with Gasteiger partial charge in [0.25, 0.3) is 5.91 Å². The van der Waals surface area contributed by atoms with E-state index in [2.05, 4.69) is 20.2 Å². The van der Waals surface area contributed by atoms with Crippen molar-refractivity contribution in [3.8, 4) is 0 Å². The van der Waals surface area contributed by atoms with Crippen LogP contribution in [0.2, 0.25) is 0 Å². The molecule has 6 nitrogen and oxygen atoms in total. The number of hydrogen-bond acceptors (Lipinski definition) is 4. The molecule has 1 amide bonds. The zero-order chi connectivity index (χ0) is 17.2. The van der Waals surface area contributed by atoms with Crippen LogP contribution in [0.5, 0.6) is 0 Å². The van der Waals surface area contributed by atoms with Crippen LogP contribution in [0.25, 0.3) is 5.52 Å². The van der Waals surface area contributed by atoms with Crippen molar-refractivity contribution in [2.45, 2.75) is 18.9 Å². The van der Waals surface area contributed by atoms with E-state index >= 15 is 0 Å². The first kappa shape index (κ1) is 15.6. The molecular weight excluding hydrogens is 321 g/mol. The molecule has 2 aromatic heterocycles. The number of imidazole rings is 1. The molecule has 0 bridgehead atoms. The molecule has 0 unspecified atom stereocenters. The smallest absolute Gasteiger partial charge is 0.251 e. The summed E-state index contributed by atoms with van der Waals surface area (Å²) in [5.41, 5.74) is 1.46. The Balaban J connectivity index is 1.39. The van der Waals surface area contributed by atoms with Crippen molar-refractivity contribution in [2.75, 3.05) is 18.0 Å². The summed E-state index contributed by atoms with van der Waals surface area (Å²) in [5.74, 6) is 0.421. The molecule has 3 aromatic rings. The number of nitrogens with zero attached hydrogens (tertiary/aromatic N) is 4. The summed E-state index contributed by atoms with van der Waals surface area (Å²) in [4.78, 5) is 23.1. The first-order chi connectivity index (χ1) is 12.2. The second-order valence-electron chi connectivity index (χ2n) is 6.18. The lowest BCUT2D eigenvalue weighted by molar-refractivity contribution is 0.0931. The summed E-state index contributed by atoms with van der Waals surface area (Å²) in [7, 11) is 0. The number of amides is 1. The van der Waals surface area contributed by atoms with Gasteiger partial charge in [-0.25, -0.2) is 14.4 Å². The van der Waals surface area contributed by atoms with E-state index in [1.807, 2.05) is 16.8 Å². The Hall–Kier alpha value is -2.96. The van der Waals surface area contributed by atoms with Crippen LogP contribution in [-0.2, 0) is 0 Å². The maximum atomic E-state index is 13.0. The van der Waals surface area contributed by atoms with E-state index < -0.39 is 0 Å². The normalized spacial score (nSPS) is 15.5. The van der Waals surface area contributed by atoms with Crippen molar-refractivity contribution in [3.05, 3.63) is 60.6 Å². The molecule has 1 aromatic carbocycles.